The summed E-state index contributed by atoms with van der Waals surface area (Å²) in [5.74, 6) is -2.54. The summed E-state index contributed by atoms with van der Waals surface area (Å²) in [5, 5.41) is 19.1. The van der Waals surface area contributed by atoms with Crippen LogP contribution in [-0.2, 0) is 0 Å². The van der Waals surface area contributed by atoms with Crippen molar-refractivity contribution in [3.05, 3.63) is 63.7 Å². The predicted molar refractivity (Wildman–Crippen MR) is 64.2 cm³/mol. The molecular weight excluding hydrogens is 270 g/mol. The third kappa shape index (κ3) is 2.70. The van der Waals surface area contributed by atoms with Gasteiger partial charge in [0.2, 0.25) is 5.82 Å². The first-order chi connectivity index (χ1) is 9.51. The maximum atomic E-state index is 13.6. The van der Waals surface area contributed by atoms with Gasteiger partial charge in [-0.05, 0) is 24.3 Å². The number of rotatable bonds is 3. The van der Waals surface area contributed by atoms with Crippen molar-refractivity contribution >= 4 is 5.69 Å². The van der Waals surface area contributed by atoms with Crippen LogP contribution in [0, 0.1) is 33.1 Å². The number of nitriles is 1. The lowest BCUT2D eigenvalue weighted by Crippen LogP contribution is -1.96. The molecule has 0 saturated heterocycles. The van der Waals surface area contributed by atoms with Crippen molar-refractivity contribution in [3.8, 4) is 17.6 Å². The van der Waals surface area contributed by atoms with Crippen LogP contribution in [0.2, 0.25) is 0 Å². The highest BCUT2D eigenvalue weighted by Gasteiger charge is 2.19. The zero-order valence-electron chi connectivity index (χ0n) is 9.84. The number of hydrogen-bond donors (Lipinski definition) is 0. The molecule has 0 N–H and O–H groups in total. The van der Waals surface area contributed by atoms with Crippen LogP contribution in [0.15, 0.2) is 36.4 Å². The highest BCUT2D eigenvalue weighted by Crippen LogP contribution is 2.30. The van der Waals surface area contributed by atoms with E-state index in [4.69, 9.17) is 10.00 Å². The van der Waals surface area contributed by atoms with Crippen LogP contribution in [0.25, 0.3) is 0 Å². The second kappa shape index (κ2) is 5.32. The van der Waals surface area contributed by atoms with E-state index in [2.05, 4.69) is 0 Å². The first-order valence-electron chi connectivity index (χ1n) is 5.32. The van der Waals surface area contributed by atoms with Gasteiger partial charge < -0.3 is 4.74 Å². The van der Waals surface area contributed by atoms with Crippen LogP contribution in [0.1, 0.15) is 5.56 Å². The summed E-state index contributed by atoms with van der Waals surface area (Å²) in [7, 11) is 0. The molecule has 0 aliphatic carbocycles. The van der Waals surface area contributed by atoms with Crippen molar-refractivity contribution in [1.29, 1.82) is 5.26 Å². The quantitative estimate of drug-likeness (QED) is 0.634. The largest absolute Gasteiger partial charge is 0.454 e. The van der Waals surface area contributed by atoms with Crippen molar-refractivity contribution in [1.82, 2.24) is 0 Å². The van der Waals surface area contributed by atoms with Gasteiger partial charge in [0.25, 0.3) is 0 Å². The summed E-state index contributed by atoms with van der Waals surface area (Å²) in [5.41, 5.74) is -0.581. The summed E-state index contributed by atoms with van der Waals surface area (Å²) in [6.07, 6.45) is 0. The van der Waals surface area contributed by atoms with Crippen LogP contribution >= 0.6 is 0 Å². The molecule has 100 valence electrons. The molecule has 20 heavy (non-hydrogen) atoms. The van der Waals surface area contributed by atoms with Crippen LogP contribution in [0.5, 0.6) is 11.5 Å². The lowest BCUT2D eigenvalue weighted by Gasteiger charge is -2.07. The molecule has 0 saturated carbocycles. The third-order valence-corrected chi connectivity index (χ3v) is 2.41. The van der Waals surface area contributed by atoms with E-state index in [1.807, 2.05) is 6.07 Å². The van der Waals surface area contributed by atoms with E-state index in [0.29, 0.717) is 17.7 Å². The van der Waals surface area contributed by atoms with E-state index in [1.165, 1.54) is 24.3 Å². The van der Waals surface area contributed by atoms with Gasteiger partial charge in [-0.15, -0.1) is 0 Å². The van der Waals surface area contributed by atoms with E-state index in [0.717, 1.165) is 0 Å². The lowest BCUT2D eigenvalue weighted by atomic mass is 10.2. The minimum Gasteiger partial charge on any atom is -0.454 e. The fourth-order valence-electron chi connectivity index (χ4n) is 1.46. The molecule has 0 atom stereocenters. The minimum absolute atomic E-state index is 0.177. The summed E-state index contributed by atoms with van der Waals surface area (Å²) >= 11 is 0. The van der Waals surface area contributed by atoms with Crippen molar-refractivity contribution in [2.75, 3.05) is 0 Å². The summed E-state index contributed by atoms with van der Waals surface area (Å²) in [4.78, 5) is 9.42. The second-order valence-corrected chi connectivity index (χ2v) is 3.73. The molecule has 0 spiro atoms. The molecule has 0 aromatic heterocycles. The molecule has 2 aromatic rings. The van der Waals surface area contributed by atoms with E-state index in [-0.39, 0.29) is 5.75 Å². The molecule has 0 heterocycles. The zero-order valence-corrected chi connectivity index (χ0v) is 9.84. The average Bonchev–Trinajstić information content (AvgIpc) is 2.43. The normalized spacial score (nSPS) is 9.85. The van der Waals surface area contributed by atoms with Gasteiger partial charge in [0, 0.05) is 6.07 Å². The second-order valence-electron chi connectivity index (χ2n) is 3.73. The van der Waals surface area contributed by atoms with Crippen molar-refractivity contribution in [3.63, 3.8) is 0 Å². The molecule has 0 amide bonds. The predicted octanol–water partition coefficient (Wildman–Crippen LogP) is 3.54. The lowest BCUT2D eigenvalue weighted by molar-refractivity contribution is -0.387. The summed E-state index contributed by atoms with van der Waals surface area (Å²) < 4.78 is 32.0. The Kier molecular flexibility index (Phi) is 3.57. The van der Waals surface area contributed by atoms with Gasteiger partial charge in [0.1, 0.15) is 5.75 Å². The molecule has 0 unspecified atom stereocenters. The highest BCUT2D eigenvalue weighted by molar-refractivity contribution is 5.42. The summed E-state index contributed by atoms with van der Waals surface area (Å²) in [6, 6.07) is 8.63. The number of halogens is 2. The Morgan fingerprint density at radius 2 is 1.80 bits per heavy atom. The van der Waals surface area contributed by atoms with Gasteiger partial charge in [-0.25, -0.2) is 4.39 Å². The van der Waals surface area contributed by atoms with Crippen LogP contribution in [0.4, 0.5) is 14.5 Å². The Morgan fingerprint density at radius 3 is 2.35 bits per heavy atom. The zero-order chi connectivity index (χ0) is 14.7. The fraction of sp³-hybridized carbons (Fsp3) is 0. The van der Waals surface area contributed by atoms with Gasteiger partial charge in [0.15, 0.2) is 11.6 Å². The smallest absolute Gasteiger partial charge is 0.307 e. The van der Waals surface area contributed by atoms with E-state index in [1.54, 1.807) is 0 Å². The SMILES string of the molecule is N#Cc1ccc(Oc2cc(F)c([N+](=O)[O-])cc2F)cc1. The topological polar surface area (TPSA) is 76.2 Å². The van der Waals surface area contributed by atoms with Crippen molar-refractivity contribution < 1.29 is 18.4 Å². The maximum absolute atomic E-state index is 13.6. The summed E-state index contributed by atoms with van der Waals surface area (Å²) in [6.45, 7) is 0. The Labute approximate surface area is 111 Å². The van der Waals surface area contributed by atoms with Gasteiger partial charge in [-0.1, -0.05) is 0 Å². The van der Waals surface area contributed by atoms with Crippen molar-refractivity contribution in [2.45, 2.75) is 0 Å². The monoisotopic (exact) mass is 276 g/mol. The van der Waals surface area contributed by atoms with Gasteiger partial charge >= 0.3 is 5.69 Å². The fourth-order valence-corrected chi connectivity index (χ4v) is 1.46. The molecule has 5 nitrogen and oxygen atoms in total. The van der Waals surface area contributed by atoms with Gasteiger partial charge in [-0.3, -0.25) is 10.1 Å². The van der Waals surface area contributed by atoms with Crippen LogP contribution in [-0.4, -0.2) is 4.92 Å². The van der Waals surface area contributed by atoms with Gasteiger partial charge in [-0.2, -0.15) is 9.65 Å². The average molecular weight is 276 g/mol. The maximum Gasteiger partial charge on any atom is 0.307 e. The highest BCUT2D eigenvalue weighted by atomic mass is 19.1. The number of hydrogen-bond acceptors (Lipinski definition) is 4. The van der Waals surface area contributed by atoms with E-state index >= 15 is 0 Å². The molecular formula is C13H6F2N2O3. The molecule has 0 aliphatic rings. The first-order valence-corrected chi connectivity index (χ1v) is 5.32. The number of nitrogens with zero attached hydrogens (tertiary/aromatic N) is 2. The number of ether oxygens (including phenoxy) is 1. The van der Waals surface area contributed by atoms with E-state index in [9.17, 15) is 18.9 Å². The van der Waals surface area contributed by atoms with E-state index < -0.39 is 28.0 Å². The Morgan fingerprint density at radius 1 is 1.15 bits per heavy atom. The minimum atomic E-state index is -1.19. The Balaban J connectivity index is 2.31. The molecule has 2 rings (SSSR count). The molecule has 0 aliphatic heterocycles. The molecule has 2 aromatic carbocycles. The Hall–Kier alpha value is -3.01. The van der Waals surface area contributed by atoms with Crippen molar-refractivity contribution in [2.24, 2.45) is 0 Å². The Bertz CT molecular complexity index is 709. The third-order valence-electron chi connectivity index (χ3n) is 2.41. The number of benzene rings is 2. The molecule has 7 heteroatoms. The first kappa shape index (κ1) is 13.4. The standard InChI is InChI=1S/C13H6F2N2O3/c14-10-6-13(11(15)5-12(10)17(18)19)20-9-3-1-8(7-16)2-4-9/h1-6H. The molecule has 0 fully saturated rings. The van der Waals surface area contributed by atoms with Crippen LogP contribution in [0.3, 0.4) is 0 Å². The van der Waals surface area contributed by atoms with Gasteiger partial charge in [0.05, 0.1) is 22.6 Å². The number of nitro groups is 1. The van der Waals surface area contributed by atoms with Crippen LogP contribution < -0.4 is 4.74 Å². The number of nitro benzene ring substituents is 1. The molecule has 0 radical (unpaired) electrons. The molecule has 0 bridgehead atoms.